The third-order valence-corrected chi connectivity index (χ3v) is 4.04. The average Bonchev–Trinajstić information content (AvgIpc) is 3.06. The summed E-state index contributed by atoms with van der Waals surface area (Å²) in [5.41, 5.74) is 1.86. The Hall–Kier alpha value is -3.25. The number of hydrogen-bond acceptors (Lipinski definition) is 3. The van der Waals surface area contributed by atoms with Gasteiger partial charge >= 0.3 is 0 Å². The molecule has 0 saturated heterocycles. The van der Waals surface area contributed by atoms with E-state index in [-0.39, 0.29) is 11.7 Å². The van der Waals surface area contributed by atoms with E-state index < -0.39 is 0 Å². The van der Waals surface area contributed by atoms with Gasteiger partial charge in [0.05, 0.1) is 0 Å². The van der Waals surface area contributed by atoms with Gasteiger partial charge in [-0.1, -0.05) is 24.3 Å². The Morgan fingerprint density at radius 3 is 2.80 bits per heavy atom. The summed E-state index contributed by atoms with van der Waals surface area (Å²) >= 11 is 0. The number of carbonyl (C=O) groups is 1. The van der Waals surface area contributed by atoms with Crippen LogP contribution in [0.3, 0.4) is 0 Å². The summed E-state index contributed by atoms with van der Waals surface area (Å²) in [4.78, 5) is 19.6. The van der Waals surface area contributed by atoms with Gasteiger partial charge in [-0.3, -0.25) is 9.69 Å². The number of nitrogens with zero attached hydrogens (tertiary/aromatic N) is 2. The molecule has 0 aliphatic carbocycles. The number of para-hydroxylation sites is 1. The zero-order chi connectivity index (χ0) is 17.2. The molecule has 0 radical (unpaired) electrons. The summed E-state index contributed by atoms with van der Waals surface area (Å²) in [6.45, 7) is 0.543. The van der Waals surface area contributed by atoms with E-state index in [1.807, 2.05) is 53.6 Å². The van der Waals surface area contributed by atoms with E-state index in [9.17, 15) is 9.18 Å². The molecule has 0 saturated carbocycles. The highest BCUT2D eigenvalue weighted by atomic mass is 19.1. The highest BCUT2D eigenvalue weighted by molar-refractivity contribution is 6.06. The molecule has 4 rings (SSSR count). The predicted molar refractivity (Wildman–Crippen MR) is 94.4 cm³/mol. The van der Waals surface area contributed by atoms with Crippen LogP contribution in [-0.2, 0) is 4.79 Å². The number of benzene rings is 2. The number of anilines is 2. The lowest BCUT2D eigenvalue weighted by Crippen LogP contribution is -3.11. The maximum absolute atomic E-state index is 13.4. The van der Waals surface area contributed by atoms with Crippen molar-refractivity contribution in [2.24, 2.45) is 4.99 Å². The fourth-order valence-electron chi connectivity index (χ4n) is 2.81. The van der Waals surface area contributed by atoms with Crippen LogP contribution < -0.4 is 15.1 Å². The minimum atomic E-state index is -0.278. The summed E-state index contributed by atoms with van der Waals surface area (Å²) in [5, 5.41) is 2.83. The van der Waals surface area contributed by atoms with Crippen molar-refractivity contribution >= 4 is 23.1 Å². The lowest BCUT2D eigenvalue weighted by molar-refractivity contribution is -0.742. The Kier molecular flexibility index (Phi) is 3.87. The smallest absolute Gasteiger partial charge is 0.280 e. The lowest BCUT2D eigenvalue weighted by atomic mass is 10.2. The monoisotopic (exact) mass is 335 g/mol. The molecule has 124 valence electrons. The molecule has 2 aliphatic rings. The van der Waals surface area contributed by atoms with Crippen molar-refractivity contribution in [2.45, 2.75) is 0 Å². The van der Waals surface area contributed by atoms with E-state index in [0.29, 0.717) is 12.4 Å². The van der Waals surface area contributed by atoms with E-state index in [2.05, 4.69) is 10.3 Å². The molecule has 0 aromatic heterocycles. The number of fused-ring (bicyclic) bond motifs is 1. The molecule has 5 nitrogen and oxygen atoms in total. The van der Waals surface area contributed by atoms with E-state index in [1.165, 1.54) is 12.1 Å². The minimum absolute atomic E-state index is 0.244. The second-order valence-electron chi connectivity index (χ2n) is 5.80. The summed E-state index contributed by atoms with van der Waals surface area (Å²) in [6.07, 6.45) is 5.47. The van der Waals surface area contributed by atoms with Crippen molar-refractivity contribution in [1.82, 2.24) is 0 Å². The van der Waals surface area contributed by atoms with Gasteiger partial charge in [0, 0.05) is 23.7 Å². The summed E-state index contributed by atoms with van der Waals surface area (Å²) in [7, 11) is 0. The lowest BCUT2D eigenvalue weighted by Gasteiger charge is -2.26. The molecule has 0 fully saturated rings. The van der Waals surface area contributed by atoms with Crippen molar-refractivity contribution in [3.63, 3.8) is 0 Å². The molecule has 2 aromatic carbocycles. The molecule has 25 heavy (non-hydrogen) atoms. The van der Waals surface area contributed by atoms with E-state index in [4.69, 9.17) is 0 Å². The zero-order valence-electron chi connectivity index (χ0n) is 13.3. The van der Waals surface area contributed by atoms with Crippen LogP contribution in [-0.4, -0.2) is 18.4 Å². The van der Waals surface area contributed by atoms with Gasteiger partial charge < -0.3 is 5.32 Å². The molecule has 1 atom stereocenters. The van der Waals surface area contributed by atoms with Crippen LogP contribution in [0, 0.1) is 5.82 Å². The van der Waals surface area contributed by atoms with Crippen LogP contribution in [0.2, 0.25) is 0 Å². The normalized spacial score (nSPS) is 18.4. The number of quaternary nitrogens is 1. The van der Waals surface area contributed by atoms with Crippen LogP contribution in [0.25, 0.3) is 0 Å². The minimum Gasteiger partial charge on any atom is -0.320 e. The van der Waals surface area contributed by atoms with Crippen molar-refractivity contribution in [3.8, 4) is 0 Å². The molecule has 2 heterocycles. The van der Waals surface area contributed by atoms with Gasteiger partial charge in [-0.15, -0.1) is 0 Å². The van der Waals surface area contributed by atoms with Gasteiger partial charge in [-0.05, 0) is 30.3 Å². The summed E-state index contributed by atoms with van der Waals surface area (Å²) in [6, 6.07) is 15.7. The highest BCUT2D eigenvalue weighted by Crippen LogP contribution is 2.17. The molecule has 2 aromatic rings. The molecule has 1 amide bonds. The second kappa shape index (κ2) is 6.33. The van der Waals surface area contributed by atoms with E-state index in [0.717, 1.165) is 22.1 Å². The fourth-order valence-corrected chi connectivity index (χ4v) is 2.81. The third kappa shape index (κ3) is 3.20. The molecule has 2 N–H and O–H groups in total. The van der Waals surface area contributed by atoms with Gasteiger partial charge in [0.1, 0.15) is 12.0 Å². The van der Waals surface area contributed by atoms with Gasteiger partial charge in [0.25, 0.3) is 5.91 Å². The number of halogens is 1. The first-order chi connectivity index (χ1) is 12.2. The fraction of sp³-hybridized carbons (Fsp3) is 0.0526. The van der Waals surface area contributed by atoms with Gasteiger partial charge in [0.2, 0.25) is 5.84 Å². The van der Waals surface area contributed by atoms with Gasteiger partial charge in [-0.25, -0.2) is 9.29 Å². The summed E-state index contributed by atoms with van der Waals surface area (Å²) in [5.74, 6) is 0.248. The van der Waals surface area contributed by atoms with Gasteiger partial charge in [0.15, 0.2) is 12.4 Å². The Balaban J connectivity index is 1.50. The molecule has 0 spiro atoms. The number of amides is 1. The van der Waals surface area contributed by atoms with Crippen molar-refractivity contribution in [3.05, 3.63) is 84.6 Å². The van der Waals surface area contributed by atoms with Crippen LogP contribution in [0.4, 0.5) is 15.8 Å². The van der Waals surface area contributed by atoms with Crippen molar-refractivity contribution in [1.29, 1.82) is 0 Å². The number of carbonyl (C=O) groups excluding carboxylic acids is 1. The number of rotatable bonds is 3. The first kappa shape index (κ1) is 15.3. The quantitative estimate of drug-likeness (QED) is 0.900. The summed E-state index contributed by atoms with van der Waals surface area (Å²) < 4.78 is 13.4. The topological polar surface area (TPSA) is 49.1 Å². The Morgan fingerprint density at radius 1 is 1.16 bits per heavy atom. The van der Waals surface area contributed by atoms with E-state index in [1.54, 1.807) is 12.3 Å². The van der Waals surface area contributed by atoms with Crippen molar-refractivity contribution < 1.29 is 14.1 Å². The van der Waals surface area contributed by atoms with Crippen LogP contribution in [0.1, 0.15) is 0 Å². The molecule has 0 bridgehead atoms. The molecule has 6 heteroatoms. The second-order valence-corrected chi connectivity index (χ2v) is 5.80. The zero-order valence-corrected chi connectivity index (χ0v) is 13.3. The molecular formula is C19H16FN4O+. The largest absolute Gasteiger partial charge is 0.320 e. The standard InChI is InChI=1S/C19H15FN4O/c20-14-5-4-8-16(11-14)23-10-9-18-22-17(12-24(18)13-23)19(25)21-15-6-2-1-3-7-15/h1-12H,13H2,(H,21,25)/p+1. The SMILES string of the molecule is O=C(Nc1ccccc1)C1=C[NH+]2CN(c3cccc(F)c3)C=CC2=N1. The molecule has 2 aliphatic heterocycles. The van der Waals surface area contributed by atoms with Crippen LogP contribution in [0.15, 0.2) is 83.8 Å². The van der Waals surface area contributed by atoms with Gasteiger partial charge in [-0.2, -0.15) is 4.99 Å². The Morgan fingerprint density at radius 2 is 2.00 bits per heavy atom. The average molecular weight is 335 g/mol. The van der Waals surface area contributed by atoms with E-state index >= 15 is 0 Å². The van der Waals surface area contributed by atoms with Crippen LogP contribution in [0.5, 0.6) is 0 Å². The Labute approximate surface area is 144 Å². The molecular weight excluding hydrogens is 319 g/mol. The maximum atomic E-state index is 13.4. The maximum Gasteiger partial charge on any atom is 0.280 e. The first-order valence-corrected chi connectivity index (χ1v) is 7.92. The predicted octanol–water partition coefficient (Wildman–Crippen LogP) is 1.89. The molecule has 1 unspecified atom stereocenters. The number of hydrogen-bond donors (Lipinski definition) is 2. The van der Waals surface area contributed by atoms with Crippen LogP contribution >= 0.6 is 0 Å². The highest BCUT2D eigenvalue weighted by Gasteiger charge is 2.30. The number of amidine groups is 1. The number of aliphatic imine (C=N–C) groups is 1. The Bertz CT molecular complexity index is 905. The van der Waals surface area contributed by atoms with Crippen molar-refractivity contribution in [2.75, 3.05) is 16.9 Å². The number of nitrogens with one attached hydrogen (secondary N) is 2. The first-order valence-electron chi connectivity index (χ1n) is 7.92. The third-order valence-electron chi connectivity index (χ3n) is 4.04.